The number of carbonyl (C=O) groups is 1. The van der Waals surface area contributed by atoms with Crippen molar-refractivity contribution in [1.82, 2.24) is 0 Å². The number of hydrogen-bond donors (Lipinski definition) is 2. The normalized spacial score (nSPS) is 10.5. The number of hydrogen-bond acceptors (Lipinski definition) is 1. The molecule has 0 radical (unpaired) electrons. The molecule has 2 rings (SSSR count). The first-order valence-electron chi connectivity index (χ1n) is 6.90. The lowest BCUT2D eigenvalue weighted by Gasteiger charge is -2.11. The zero-order valence-corrected chi connectivity index (χ0v) is 12.4. The Bertz CT molecular complexity index is 636. The Morgan fingerprint density at radius 1 is 1.05 bits per heavy atom. The van der Waals surface area contributed by atoms with E-state index in [0.717, 1.165) is 0 Å². The molecule has 3 nitrogen and oxygen atoms in total. The Morgan fingerprint density at radius 3 is 2.33 bits per heavy atom. The lowest BCUT2D eigenvalue weighted by molar-refractivity contribution is 0.262. The number of nitrogens with one attached hydrogen (secondary N) is 2. The number of carbonyl (C=O) groups excluding carboxylic acids is 1. The van der Waals surface area contributed by atoms with Gasteiger partial charge in [0.05, 0.1) is 0 Å². The predicted molar refractivity (Wildman–Crippen MR) is 84.3 cm³/mol. The molecular weight excluding hydrogens is 267 g/mol. The second kappa shape index (κ2) is 6.39. The summed E-state index contributed by atoms with van der Waals surface area (Å²) < 4.78 is 13.4. The van der Waals surface area contributed by atoms with E-state index in [1.807, 2.05) is 24.3 Å². The molecule has 0 aromatic heterocycles. The maximum Gasteiger partial charge on any atom is 0.323 e. The minimum atomic E-state index is -0.388. The SMILES string of the molecule is Cc1c(F)cccc1NC(=O)Nc1ccc(C(C)C)cc1. The highest BCUT2D eigenvalue weighted by atomic mass is 19.1. The average molecular weight is 286 g/mol. The van der Waals surface area contributed by atoms with Gasteiger partial charge in [0, 0.05) is 16.9 Å². The molecule has 0 atom stereocenters. The van der Waals surface area contributed by atoms with Gasteiger partial charge >= 0.3 is 6.03 Å². The molecule has 2 aromatic rings. The van der Waals surface area contributed by atoms with Crippen LogP contribution in [-0.4, -0.2) is 6.03 Å². The molecule has 0 aliphatic rings. The third-order valence-corrected chi connectivity index (χ3v) is 3.35. The van der Waals surface area contributed by atoms with Crippen molar-refractivity contribution in [2.24, 2.45) is 0 Å². The van der Waals surface area contributed by atoms with E-state index < -0.39 is 0 Å². The van der Waals surface area contributed by atoms with Crippen LogP contribution in [0.2, 0.25) is 0 Å². The number of halogens is 1. The van der Waals surface area contributed by atoms with Gasteiger partial charge in [-0.2, -0.15) is 0 Å². The van der Waals surface area contributed by atoms with Crippen molar-refractivity contribution in [1.29, 1.82) is 0 Å². The first-order chi connectivity index (χ1) is 9.97. The van der Waals surface area contributed by atoms with Crippen LogP contribution in [0.1, 0.15) is 30.9 Å². The van der Waals surface area contributed by atoms with Gasteiger partial charge in [0.1, 0.15) is 5.82 Å². The minimum absolute atomic E-state index is 0.339. The summed E-state index contributed by atoms with van der Waals surface area (Å²) in [5.74, 6) is 0.108. The quantitative estimate of drug-likeness (QED) is 0.827. The van der Waals surface area contributed by atoms with Gasteiger partial charge < -0.3 is 10.6 Å². The summed E-state index contributed by atoms with van der Waals surface area (Å²) in [5.41, 5.74) is 2.79. The van der Waals surface area contributed by atoms with Gasteiger partial charge in [-0.1, -0.05) is 32.0 Å². The summed E-state index contributed by atoms with van der Waals surface area (Å²) in [7, 11) is 0. The fraction of sp³-hybridized carbons (Fsp3) is 0.235. The van der Waals surface area contributed by atoms with Crippen LogP contribution in [0.15, 0.2) is 42.5 Å². The number of rotatable bonds is 3. The standard InChI is InChI=1S/C17H19FN2O/c1-11(2)13-7-9-14(10-8-13)19-17(21)20-16-6-4-5-15(18)12(16)3/h4-11H,1-3H3,(H2,19,20,21). The van der Waals surface area contributed by atoms with Crippen LogP contribution in [-0.2, 0) is 0 Å². The molecule has 110 valence electrons. The summed E-state index contributed by atoms with van der Waals surface area (Å²) in [4.78, 5) is 11.9. The number of anilines is 2. The number of amides is 2. The van der Waals surface area contributed by atoms with E-state index in [1.54, 1.807) is 19.1 Å². The molecule has 0 saturated carbocycles. The van der Waals surface area contributed by atoms with Crippen molar-refractivity contribution < 1.29 is 9.18 Å². The molecule has 21 heavy (non-hydrogen) atoms. The Hall–Kier alpha value is -2.36. The van der Waals surface area contributed by atoms with Crippen LogP contribution in [0, 0.1) is 12.7 Å². The van der Waals surface area contributed by atoms with Crippen LogP contribution < -0.4 is 10.6 Å². The van der Waals surface area contributed by atoms with Crippen LogP contribution in [0.3, 0.4) is 0 Å². The van der Waals surface area contributed by atoms with Gasteiger partial charge in [-0.3, -0.25) is 0 Å². The molecule has 0 aliphatic heterocycles. The molecule has 2 amide bonds. The van der Waals surface area contributed by atoms with E-state index in [2.05, 4.69) is 24.5 Å². The van der Waals surface area contributed by atoms with Crippen LogP contribution in [0.4, 0.5) is 20.6 Å². The van der Waals surface area contributed by atoms with Crippen LogP contribution >= 0.6 is 0 Å². The third kappa shape index (κ3) is 3.81. The Balaban J connectivity index is 2.03. The van der Waals surface area contributed by atoms with E-state index >= 15 is 0 Å². The molecule has 0 aliphatic carbocycles. The smallest absolute Gasteiger partial charge is 0.308 e. The molecule has 0 bridgehead atoms. The third-order valence-electron chi connectivity index (χ3n) is 3.35. The van der Waals surface area contributed by atoms with Gasteiger partial charge in [-0.05, 0) is 42.7 Å². The van der Waals surface area contributed by atoms with Crippen LogP contribution in [0.25, 0.3) is 0 Å². The maximum absolute atomic E-state index is 13.4. The average Bonchev–Trinajstić information content (AvgIpc) is 2.44. The summed E-state index contributed by atoms with van der Waals surface area (Å²) in [6.45, 7) is 5.85. The van der Waals surface area contributed by atoms with Gasteiger partial charge in [-0.25, -0.2) is 9.18 Å². The largest absolute Gasteiger partial charge is 0.323 e. The zero-order valence-electron chi connectivity index (χ0n) is 12.4. The summed E-state index contributed by atoms with van der Waals surface area (Å²) in [5, 5.41) is 5.38. The van der Waals surface area contributed by atoms with E-state index in [4.69, 9.17) is 0 Å². The summed E-state index contributed by atoms with van der Waals surface area (Å²) in [6, 6.07) is 11.9. The molecule has 2 N–H and O–H groups in total. The molecule has 2 aromatic carbocycles. The van der Waals surface area contributed by atoms with Gasteiger partial charge in [-0.15, -0.1) is 0 Å². The van der Waals surface area contributed by atoms with Crippen molar-refractivity contribution in [3.8, 4) is 0 Å². The molecule has 0 spiro atoms. The first kappa shape index (κ1) is 15.0. The van der Waals surface area contributed by atoms with Crippen molar-refractivity contribution in [3.05, 3.63) is 59.4 Å². The van der Waals surface area contributed by atoms with E-state index in [0.29, 0.717) is 22.9 Å². The molecule has 0 saturated heterocycles. The fourth-order valence-electron chi connectivity index (χ4n) is 1.98. The van der Waals surface area contributed by atoms with Gasteiger partial charge in [0.2, 0.25) is 0 Å². The number of urea groups is 1. The molecule has 0 fully saturated rings. The predicted octanol–water partition coefficient (Wildman–Crippen LogP) is 4.90. The fourth-order valence-corrected chi connectivity index (χ4v) is 1.98. The van der Waals surface area contributed by atoms with Crippen molar-refractivity contribution in [3.63, 3.8) is 0 Å². The highest BCUT2D eigenvalue weighted by molar-refractivity contribution is 6.00. The lowest BCUT2D eigenvalue weighted by atomic mass is 10.0. The van der Waals surface area contributed by atoms with Crippen molar-refractivity contribution in [2.75, 3.05) is 10.6 Å². The summed E-state index contributed by atoms with van der Waals surface area (Å²) >= 11 is 0. The van der Waals surface area contributed by atoms with Crippen LogP contribution in [0.5, 0.6) is 0 Å². The Morgan fingerprint density at radius 2 is 1.71 bits per heavy atom. The van der Waals surface area contributed by atoms with Gasteiger partial charge in [0.15, 0.2) is 0 Å². The minimum Gasteiger partial charge on any atom is -0.308 e. The lowest BCUT2D eigenvalue weighted by Crippen LogP contribution is -2.20. The molecule has 4 heteroatoms. The highest BCUT2D eigenvalue weighted by Crippen LogP contribution is 2.19. The molecular formula is C17H19FN2O. The molecule has 0 heterocycles. The topological polar surface area (TPSA) is 41.1 Å². The van der Waals surface area contributed by atoms with Gasteiger partial charge in [0.25, 0.3) is 0 Å². The maximum atomic E-state index is 13.4. The van der Waals surface area contributed by atoms with Crippen molar-refractivity contribution >= 4 is 17.4 Å². The Kier molecular flexibility index (Phi) is 4.58. The first-order valence-corrected chi connectivity index (χ1v) is 6.90. The second-order valence-electron chi connectivity index (χ2n) is 5.27. The zero-order chi connectivity index (χ0) is 15.4. The van der Waals surface area contributed by atoms with E-state index in [9.17, 15) is 9.18 Å². The Labute approximate surface area is 124 Å². The monoisotopic (exact) mass is 286 g/mol. The summed E-state index contributed by atoms with van der Waals surface area (Å²) in [6.07, 6.45) is 0. The van der Waals surface area contributed by atoms with E-state index in [1.165, 1.54) is 11.6 Å². The highest BCUT2D eigenvalue weighted by Gasteiger charge is 2.08. The van der Waals surface area contributed by atoms with Crippen molar-refractivity contribution in [2.45, 2.75) is 26.7 Å². The number of benzene rings is 2. The molecule has 0 unspecified atom stereocenters. The van der Waals surface area contributed by atoms with E-state index in [-0.39, 0.29) is 11.8 Å². The second-order valence-corrected chi connectivity index (χ2v) is 5.27.